The Morgan fingerprint density at radius 2 is 1.67 bits per heavy atom. The number of amides is 1. The third kappa shape index (κ3) is 6.05. The van der Waals surface area contributed by atoms with Gasteiger partial charge in [0.2, 0.25) is 0 Å². The Morgan fingerprint density at radius 1 is 0.939 bits per heavy atom. The van der Waals surface area contributed by atoms with Crippen LogP contribution in [-0.4, -0.2) is 58.9 Å². The van der Waals surface area contributed by atoms with Gasteiger partial charge in [0.05, 0.1) is 17.6 Å². The van der Waals surface area contributed by atoms with Gasteiger partial charge in [-0.05, 0) is 49.9 Å². The highest BCUT2D eigenvalue weighted by Gasteiger charge is 2.20. The van der Waals surface area contributed by atoms with Crippen LogP contribution in [0.2, 0.25) is 0 Å². The summed E-state index contributed by atoms with van der Waals surface area (Å²) in [6.07, 6.45) is 8.00. The summed E-state index contributed by atoms with van der Waals surface area (Å²) in [5.74, 6) is 0.652. The standard InChI is InChI=1S/C28H34N4O/c1-3-7-22(23-8-5-4-6-9-23)14-15-26-20-29-21-27(30-26)24-10-12-25(13-11-24)28(33)32-18-16-31(2)17-19-32/h4-6,8-13,20-22H,3,7,14-19H2,1-2H3. The average Bonchev–Trinajstić information content (AvgIpc) is 2.87. The second kappa shape index (κ2) is 11.2. The van der Waals surface area contributed by atoms with E-state index in [1.807, 2.05) is 41.6 Å². The topological polar surface area (TPSA) is 49.3 Å². The number of carbonyl (C=O) groups is 1. The van der Waals surface area contributed by atoms with E-state index in [0.29, 0.717) is 5.92 Å². The Hall–Kier alpha value is -3.05. The molecule has 0 spiro atoms. The first-order valence-electron chi connectivity index (χ1n) is 12.1. The quantitative estimate of drug-likeness (QED) is 0.490. The number of hydrogen-bond donors (Lipinski definition) is 0. The number of nitrogens with zero attached hydrogens (tertiary/aromatic N) is 4. The maximum atomic E-state index is 12.8. The number of benzene rings is 2. The molecule has 4 rings (SSSR count). The number of aromatic nitrogens is 2. The van der Waals surface area contributed by atoms with E-state index in [-0.39, 0.29) is 5.91 Å². The van der Waals surface area contributed by atoms with Crippen molar-refractivity contribution < 1.29 is 4.79 Å². The van der Waals surface area contributed by atoms with E-state index in [1.54, 1.807) is 0 Å². The minimum absolute atomic E-state index is 0.109. The fourth-order valence-electron chi connectivity index (χ4n) is 4.52. The molecular weight excluding hydrogens is 408 g/mol. The molecule has 0 saturated carbocycles. The summed E-state index contributed by atoms with van der Waals surface area (Å²) in [6.45, 7) is 5.67. The lowest BCUT2D eigenvalue weighted by atomic mass is 9.90. The molecule has 1 aliphatic heterocycles. The molecule has 0 aliphatic carbocycles. The number of piperazine rings is 1. The zero-order chi connectivity index (χ0) is 23.0. The lowest BCUT2D eigenvalue weighted by Gasteiger charge is -2.32. The van der Waals surface area contributed by atoms with Crippen molar-refractivity contribution in [3.63, 3.8) is 0 Å². The number of hydrogen-bond acceptors (Lipinski definition) is 4. The van der Waals surface area contributed by atoms with E-state index in [0.717, 1.165) is 61.5 Å². The van der Waals surface area contributed by atoms with Gasteiger partial charge in [0.15, 0.2) is 0 Å². The molecule has 1 fully saturated rings. The Kier molecular flexibility index (Phi) is 7.84. The van der Waals surface area contributed by atoms with E-state index in [2.05, 4.69) is 54.2 Å². The highest BCUT2D eigenvalue weighted by Crippen LogP contribution is 2.26. The van der Waals surface area contributed by atoms with Crippen molar-refractivity contribution in [2.24, 2.45) is 0 Å². The fourth-order valence-corrected chi connectivity index (χ4v) is 4.52. The second-order valence-corrected chi connectivity index (χ2v) is 9.00. The molecule has 0 bridgehead atoms. The van der Waals surface area contributed by atoms with Gasteiger partial charge in [-0.3, -0.25) is 9.78 Å². The molecule has 0 N–H and O–H groups in total. The molecule has 1 aliphatic rings. The van der Waals surface area contributed by atoms with Crippen LogP contribution < -0.4 is 0 Å². The predicted octanol–water partition coefficient (Wildman–Crippen LogP) is 5.05. The van der Waals surface area contributed by atoms with E-state index in [4.69, 9.17) is 4.98 Å². The first kappa shape index (κ1) is 23.1. The fraction of sp³-hybridized carbons (Fsp3) is 0.393. The molecule has 2 aromatic carbocycles. The number of aryl methyl sites for hydroxylation is 1. The average molecular weight is 443 g/mol. The van der Waals surface area contributed by atoms with E-state index in [9.17, 15) is 4.79 Å². The van der Waals surface area contributed by atoms with Gasteiger partial charge in [0.1, 0.15) is 0 Å². The van der Waals surface area contributed by atoms with Crippen molar-refractivity contribution in [2.45, 2.75) is 38.5 Å². The molecule has 5 nitrogen and oxygen atoms in total. The molecule has 1 atom stereocenters. The van der Waals surface area contributed by atoms with Crippen LogP contribution in [0.1, 0.15) is 53.7 Å². The summed E-state index contributed by atoms with van der Waals surface area (Å²) in [4.78, 5) is 26.3. The molecule has 5 heteroatoms. The third-order valence-corrected chi connectivity index (χ3v) is 6.56. The van der Waals surface area contributed by atoms with Gasteiger partial charge in [-0.25, -0.2) is 4.98 Å². The van der Waals surface area contributed by atoms with Crippen molar-refractivity contribution >= 4 is 5.91 Å². The highest BCUT2D eigenvalue weighted by molar-refractivity contribution is 5.94. The minimum Gasteiger partial charge on any atom is -0.336 e. The SMILES string of the molecule is CCCC(CCc1cncc(-c2ccc(C(=O)N3CCN(C)CC3)cc2)n1)c1ccccc1. The zero-order valence-corrected chi connectivity index (χ0v) is 19.8. The van der Waals surface area contributed by atoms with Crippen LogP contribution in [0.3, 0.4) is 0 Å². The smallest absolute Gasteiger partial charge is 0.253 e. The van der Waals surface area contributed by atoms with Crippen molar-refractivity contribution in [3.8, 4) is 11.3 Å². The first-order valence-corrected chi connectivity index (χ1v) is 12.1. The van der Waals surface area contributed by atoms with Crippen LogP contribution in [0.5, 0.6) is 0 Å². The predicted molar refractivity (Wildman–Crippen MR) is 133 cm³/mol. The van der Waals surface area contributed by atoms with Gasteiger partial charge in [0, 0.05) is 43.5 Å². The van der Waals surface area contributed by atoms with Crippen LogP contribution in [0.4, 0.5) is 0 Å². The van der Waals surface area contributed by atoms with Gasteiger partial charge in [-0.1, -0.05) is 55.8 Å². The van der Waals surface area contributed by atoms with Crippen LogP contribution in [0.25, 0.3) is 11.3 Å². The van der Waals surface area contributed by atoms with Crippen LogP contribution in [0.15, 0.2) is 67.0 Å². The van der Waals surface area contributed by atoms with Crippen molar-refractivity contribution in [1.29, 1.82) is 0 Å². The molecule has 33 heavy (non-hydrogen) atoms. The summed E-state index contributed by atoms with van der Waals surface area (Å²) in [5.41, 5.74) is 5.01. The van der Waals surface area contributed by atoms with Crippen LogP contribution in [0, 0.1) is 0 Å². The number of likely N-dealkylation sites (N-methyl/N-ethyl adjacent to an activating group) is 1. The van der Waals surface area contributed by atoms with Crippen LogP contribution in [-0.2, 0) is 6.42 Å². The third-order valence-electron chi connectivity index (χ3n) is 6.56. The molecule has 172 valence electrons. The molecule has 1 saturated heterocycles. The minimum atomic E-state index is 0.109. The first-order chi connectivity index (χ1) is 16.1. The van der Waals surface area contributed by atoms with Gasteiger partial charge in [0.25, 0.3) is 5.91 Å². The molecule has 1 aromatic heterocycles. The lowest BCUT2D eigenvalue weighted by Crippen LogP contribution is -2.47. The normalized spacial score (nSPS) is 15.4. The summed E-state index contributed by atoms with van der Waals surface area (Å²) < 4.78 is 0. The monoisotopic (exact) mass is 442 g/mol. The highest BCUT2D eigenvalue weighted by atomic mass is 16.2. The van der Waals surface area contributed by atoms with Crippen LogP contribution >= 0.6 is 0 Å². The Morgan fingerprint density at radius 3 is 2.36 bits per heavy atom. The van der Waals surface area contributed by atoms with Crippen molar-refractivity contribution in [1.82, 2.24) is 19.8 Å². The summed E-state index contributed by atoms with van der Waals surface area (Å²) >= 11 is 0. The molecule has 1 unspecified atom stereocenters. The van der Waals surface area contributed by atoms with Gasteiger partial charge < -0.3 is 9.80 Å². The van der Waals surface area contributed by atoms with E-state index >= 15 is 0 Å². The van der Waals surface area contributed by atoms with Crippen molar-refractivity contribution in [3.05, 3.63) is 83.8 Å². The summed E-state index contributed by atoms with van der Waals surface area (Å²) in [6, 6.07) is 18.6. The number of rotatable bonds is 8. The Balaban J connectivity index is 1.41. The van der Waals surface area contributed by atoms with Gasteiger partial charge >= 0.3 is 0 Å². The molecule has 0 radical (unpaired) electrons. The molecule has 1 amide bonds. The van der Waals surface area contributed by atoms with Gasteiger partial charge in [-0.2, -0.15) is 0 Å². The number of carbonyl (C=O) groups excluding carboxylic acids is 1. The van der Waals surface area contributed by atoms with E-state index in [1.165, 1.54) is 18.4 Å². The summed E-state index contributed by atoms with van der Waals surface area (Å²) in [7, 11) is 2.09. The largest absolute Gasteiger partial charge is 0.336 e. The maximum Gasteiger partial charge on any atom is 0.253 e. The molecule has 3 aromatic rings. The van der Waals surface area contributed by atoms with Gasteiger partial charge in [-0.15, -0.1) is 0 Å². The Labute approximate surface area is 197 Å². The molecule has 2 heterocycles. The Bertz CT molecular complexity index is 1030. The molecular formula is C28H34N4O. The zero-order valence-electron chi connectivity index (χ0n) is 19.8. The second-order valence-electron chi connectivity index (χ2n) is 9.00. The summed E-state index contributed by atoms with van der Waals surface area (Å²) in [5, 5.41) is 0. The lowest BCUT2D eigenvalue weighted by molar-refractivity contribution is 0.0664. The maximum absolute atomic E-state index is 12.8. The van der Waals surface area contributed by atoms with Crippen molar-refractivity contribution in [2.75, 3.05) is 33.2 Å². The van der Waals surface area contributed by atoms with E-state index < -0.39 is 0 Å².